The Morgan fingerprint density at radius 3 is 2.73 bits per heavy atom. The molecular formula is C17H19NO4. The predicted octanol–water partition coefficient (Wildman–Crippen LogP) is 2.47. The normalized spacial score (nSPS) is 10.5. The molecule has 0 aliphatic carbocycles. The smallest absolute Gasteiger partial charge is 0.308 e. The molecule has 0 saturated heterocycles. The van der Waals surface area contributed by atoms with E-state index in [0.29, 0.717) is 6.61 Å². The van der Waals surface area contributed by atoms with Crippen molar-refractivity contribution in [1.29, 1.82) is 0 Å². The number of aromatic nitrogens is 1. The monoisotopic (exact) mass is 301 g/mol. The van der Waals surface area contributed by atoms with E-state index in [4.69, 9.17) is 9.84 Å². The molecule has 0 aliphatic rings. The fourth-order valence-corrected chi connectivity index (χ4v) is 2.24. The largest absolute Gasteiger partial charge is 0.494 e. The van der Waals surface area contributed by atoms with Gasteiger partial charge in [-0.1, -0.05) is 25.1 Å². The molecule has 116 valence electrons. The van der Waals surface area contributed by atoms with E-state index in [1.165, 1.54) is 4.57 Å². The number of ether oxygens (including phenoxy) is 1. The molecule has 1 aromatic carbocycles. The van der Waals surface area contributed by atoms with E-state index < -0.39 is 5.97 Å². The average Bonchev–Trinajstić information content (AvgIpc) is 2.50. The highest BCUT2D eigenvalue weighted by Crippen LogP contribution is 2.23. The number of nitrogens with zero attached hydrogens (tertiary/aromatic N) is 1. The second-order valence-electron chi connectivity index (χ2n) is 5.05. The van der Waals surface area contributed by atoms with Gasteiger partial charge in [0.15, 0.2) is 0 Å². The molecule has 1 heterocycles. The third kappa shape index (κ3) is 3.55. The minimum absolute atomic E-state index is 0.271. The highest BCUT2D eigenvalue weighted by Gasteiger charge is 2.11. The van der Waals surface area contributed by atoms with Crippen LogP contribution in [-0.2, 0) is 18.3 Å². The summed E-state index contributed by atoms with van der Waals surface area (Å²) in [6.45, 7) is 2.68. The summed E-state index contributed by atoms with van der Waals surface area (Å²) in [5, 5.41) is 8.82. The first-order chi connectivity index (χ1) is 10.5. The number of pyridine rings is 1. The lowest BCUT2D eigenvalue weighted by molar-refractivity contribution is -0.136. The molecule has 0 saturated carbocycles. The van der Waals surface area contributed by atoms with Crippen LogP contribution in [0.4, 0.5) is 0 Å². The maximum atomic E-state index is 12.2. The van der Waals surface area contributed by atoms with Gasteiger partial charge in [0, 0.05) is 18.2 Å². The van der Waals surface area contributed by atoms with Crippen molar-refractivity contribution < 1.29 is 14.6 Å². The molecule has 0 fully saturated rings. The van der Waals surface area contributed by atoms with Crippen LogP contribution in [0.2, 0.25) is 0 Å². The van der Waals surface area contributed by atoms with Gasteiger partial charge in [0.25, 0.3) is 5.56 Å². The zero-order chi connectivity index (χ0) is 16.1. The number of aliphatic carboxylic acids is 1. The van der Waals surface area contributed by atoms with Crippen LogP contribution in [0.25, 0.3) is 11.3 Å². The molecule has 0 bridgehead atoms. The van der Waals surface area contributed by atoms with Crippen molar-refractivity contribution in [2.75, 3.05) is 6.61 Å². The molecule has 5 nitrogen and oxygen atoms in total. The van der Waals surface area contributed by atoms with Gasteiger partial charge in [-0.3, -0.25) is 9.59 Å². The van der Waals surface area contributed by atoms with E-state index in [1.807, 2.05) is 31.2 Å². The maximum absolute atomic E-state index is 12.2. The molecule has 0 atom stereocenters. The second-order valence-corrected chi connectivity index (χ2v) is 5.05. The van der Waals surface area contributed by atoms with Crippen molar-refractivity contribution in [3.05, 3.63) is 52.3 Å². The fraction of sp³-hybridized carbons (Fsp3) is 0.294. The van der Waals surface area contributed by atoms with Gasteiger partial charge in [0.1, 0.15) is 5.75 Å². The van der Waals surface area contributed by atoms with E-state index in [1.54, 1.807) is 19.2 Å². The number of hydrogen-bond acceptors (Lipinski definition) is 3. The minimum atomic E-state index is -1.01. The first kappa shape index (κ1) is 15.8. The Kier molecular flexibility index (Phi) is 4.99. The Bertz CT molecular complexity index is 734. The Balaban J connectivity index is 2.39. The summed E-state index contributed by atoms with van der Waals surface area (Å²) < 4.78 is 7.07. The van der Waals surface area contributed by atoms with Crippen molar-refractivity contribution in [2.45, 2.75) is 19.8 Å². The lowest BCUT2D eigenvalue weighted by Crippen LogP contribution is -2.24. The minimum Gasteiger partial charge on any atom is -0.494 e. The van der Waals surface area contributed by atoms with E-state index in [9.17, 15) is 9.59 Å². The molecule has 2 rings (SSSR count). The zero-order valence-electron chi connectivity index (χ0n) is 12.7. The number of carboxylic acids is 1. The first-order valence-corrected chi connectivity index (χ1v) is 7.17. The van der Waals surface area contributed by atoms with Gasteiger partial charge in [-0.15, -0.1) is 0 Å². The molecule has 5 heteroatoms. The lowest BCUT2D eigenvalue weighted by atomic mass is 10.1. The third-order valence-electron chi connectivity index (χ3n) is 3.33. The van der Waals surface area contributed by atoms with Gasteiger partial charge in [-0.2, -0.15) is 0 Å². The van der Waals surface area contributed by atoms with Crippen molar-refractivity contribution in [3.8, 4) is 17.0 Å². The Morgan fingerprint density at radius 2 is 2.05 bits per heavy atom. The van der Waals surface area contributed by atoms with E-state index in [-0.39, 0.29) is 17.5 Å². The van der Waals surface area contributed by atoms with Crippen molar-refractivity contribution in [2.24, 2.45) is 7.05 Å². The molecule has 0 aliphatic heterocycles. The standard InChI is InChI=1S/C17H19NO4/c1-3-9-22-14-6-4-5-12(10-14)15-8-7-13(11-16(19)20)17(21)18(15)2/h4-8,10H,3,9,11H2,1-2H3,(H,19,20). The number of benzene rings is 1. The van der Waals surface area contributed by atoms with Gasteiger partial charge >= 0.3 is 5.97 Å². The van der Waals surface area contributed by atoms with E-state index >= 15 is 0 Å². The van der Waals surface area contributed by atoms with Crippen LogP contribution in [0.5, 0.6) is 5.75 Å². The van der Waals surface area contributed by atoms with Crippen LogP contribution in [0, 0.1) is 0 Å². The molecule has 0 unspecified atom stereocenters. The van der Waals surface area contributed by atoms with Crippen LogP contribution in [0.1, 0.15) is 18.9 Å². The van der Waals surface area contributed by atoms with Gasteiger partial charge in [-0.05, 0) is 24.6 Å². The highest BCUT2D eigenvalue weighted by molar-refractivity contribution is 5.70. The van der Waals surface area contributed by atoms with Crippen LogP contribution in [-0.4, -0.2) is 22.2 Å². The number of hydrogen-bond donors (Lipinski definition) is 1. The quantitative estimate of drug-likeness (QED) is 0.890. The number of rotatable bonds is 6. The molecule has 1 aromatic heterocycles. The first-order valence-electron chi connectivity index (χ1n) is 7.17. The molecule has 0 radical (unpaired) electrons. The summed E-state index contributed by atoms with van der Waals surface area (Å²) in [6.07, 6.45) is 0.652. The third-order valence-corrected chi connectivity index (χ3v) is 3.33. The number of carboxylic acid groups (broad SMARTS) is 1. The summed E-state index contributed by atoms with van der Waals surface area (Å²) >= 11 is 0. The molecule has 0 amide bonds. The fourth-order valence-electron chi connectivity index (χ4n) is 2.24. The second kappa shape index (κ2) is 6.93. The van der Waals surface area contributed by atoms with Gasteiger partial charge in [0.05, 0.1) is 18.7 Å². The molecule has 2 aromatic rings. The SMILES string of the molecule is CCCOc1cccc(-c2ccc(CC(=O)O)c(=O)n2C)c1. The van der Waals surface area contributed by atoms with Crippen molar-refractivity contribution >= 4 is 5.97 Å². The summed E-state index contributed by atoms with van der Waals surface area (Å²) in [5.41, 5.74) is 1.56. The van der Waals surface area contributed by atoms with Gasteiger partial charge in [-0.25, -0.2) is 0 Å². The predicted molar refractivity (Wildman–Crippen MR) is 84.2 cm³/mol. The van der Waals surface area contributed by atoms with Gasteiger partial charge < -0.3 is 14.4 Å². The zero-order valence-corrected chi connectivity index (χ0v) is 12.7. The van der Waals surface area contributed by atoms with Crippen LogP contribution in [0.15, 0.2) is 41.2 Å². The highest BCUT2D eigenvalue weighted by atomic mass is 16.5. The molecule has 1 N–H and O–H groups in total. The Labute approximate surface area is 128 Å². The van der Waals surface area contributed by atoms with Gasteiger partial charge in [0.2, 0.25) is 0 Å². The van der Waals surface area contributed by atoms with E-state index in [2.05, 4.69) is 0 Å². The lowest BCUT2D eigenvalue weighted by Gasteiger charge is -2.11. The van der Waals surface area contributed by atoms with Crippen molar-refractivity contribution in [1.82, 2.24) is 4.57 Å². The van der Waals surface area contributed by atoms with Crippen LogP contribution >= 0.6 is 0 Å². The maximum Gasteiger partial charge on any atom is 0.308 e. The van der Waals surface area contributed by atoms with Crippen LogP contribution < -0.4 is 10.3 Å². The Morgan fingerprint density at radius 1 is 1.27 bits per heavy atom. The molecular weight excluding hydrogens is 282 g/mol. The summed E-state index contributed by atoms with van der Waals surface area (Å²) in [6, 6.07) is 10.8. The summed E-state index contributed by atoms with van der Waals surface area (Å²) in [5.74, 6) is -0.263. The topological polar surface area (TPSA) is 68.5 Å². The molecule has 22 heavy (non-hydrogen) atoms. The van der Waals surface area contributed by atoms with Crippen LogP contribution in [0.3, 0.4) is 0 Å². The average molecular weight is 301 g/mol. The number of carbonyl (C=O) groups is 1. The Hall–Kier alpha value is -2.56. The summed E-state index contributed by atoms with van der Waals surface area (Å²) in [4.78, 5) is 23.0. The van der Waals surface area contributed by atoms with Crippen molar-refractivity contribution in [3.63, 3.8) is 0 Å². The summed E-state index contributed by atoms with van der Waals surface area (Å²) in [7, 11) is 1.64. The van der Waals surface area contributed by atoms with E-state index in [0.717, 1.165) is 23.4 Å². The molecule has 0 spiro atoms.